The fourth-order valence-electron chi connectivity index (χ4n) is 1.68. The molecule has 0 saturated carbocycles. The number of ether oxygens (including phenoxy) is 1. The van der Waals surface area contributed by atoms with Gasteiger partial charge in [-0.05, 0) is 49.6 Å². The number of carbonyl (C=O) groups excluding carboxylic acids is 1. The van der Waals surface area contributed by atoms with Crippen molar-refractivity contribution in [3.05, 3.63) is 54.6 Å². The second-order valence-electron chi connectivity index (χ2n) is 4.29. The fourth-order valence-corrected chi connectivity index (χ4v) is 2.09. The van der Waals surface area contributed by atoms with Crippen LogP contribution in [0.15, 0.2) is 59.5 Å². The molecule has 2 rings (SSSR count). The lowest BCUT2D eigenvalue weighted by Gasteiger charge is -2.15. The second-order valence-corrected chi connectivity index (χ2v) is 5.17. The molecule has 20 heavy (non-hydrogen) atoms. The smallest absolute Gasteiger partial charge is 0.265 e. The zero-order valence-electron chi connectivity index (χ0n) is 11.5. The average Bonchev–Trinajstić information content (AvgIpc) is 2.49. The summed E-state index contributed by atoms with van der Waals surface area (Å²) in [7, 11) is 0. The Morgan fingerprint density at radius 3 is 2.35 bits per heavy atom. The molecule has 4 heteroatoms. The first-order valence-corrected chi connectivity index (χ1v) is 7.58. The predicted octanol–water partition coefficient (Wildman–Crippen LogP) is 3.81. The van der Waals surface area contributed by atoms with Crippen molar-refractivity contribution >= 4 is 23.4 Å². The van der Waals surface area contributed by atoms with Crippen molar-refractivity contribution in [1.82, 2.24) is 0 Å². The number of carbonyl (C=O) groups is 1. The van der Waals surface area contributed by atoms with E-state index in [4.69, 9.17) is 4.74 Å². The first kappa shape index (κ1) is 14.5. The van der Waals surface area contributed by atoms with Gasteiger partial charge in [-0.15, -0.1) is 11.8 Å². The van der Waals surface area contributed by atoms with Gasteiger partial charge in [0.05, 0.1) is 0 Å². The van der Waals surface area contributed by atoms with Crippen molar-refractivity contribution in [2.45, 2.75) is 17.9 Å². The van der Waals surface area contributed by atoms with Crippen LogP contribution in [0.3, 0.4) is 0 Å². The van der Waals surface area contributed by atoms with Crippen molar-refractivity contribution in [2.24, 2.45) is 0 Å². The Balaban J connectivity index is 1.93. The van der Waals surface area contributed by atoms with Crippen LogP contribution in [-0.2, 0) is 4.79 Å². The van der Waals surface area contributed by atoms with Gasteiger partial charge in [-0.1, -0.05) is 18.2 Å². The Labute approximate surface area is 123 Å². The van der Waals surface area contributed by atoms with Gasteiger partial charge < -0.3 is 10.1 Å². The molecule has 0 spiro atoms. The third-order valence-corrected chi connectivity index (χ3v) is 3.53. The number of benzene rings is 2. The minimum absolute atomic E-state index is 0.162. The van der Waals surface area contributed by atoms with Crippen LogP contribution >= 0.6 is 11.8 Å². The zero-order chi connectivity index (χ0) is 14.4. The van der Waals surface area contributed by atoms with Gasteiger partial charge in [-0.2, -0.15) is 0 Å². The number of amides is 1. The Hall–Kier alpha value is -1.94. The summed E-state index contributed by atoms with van der Waals surface area (Å²) >= 11 is 1.67. The molecule has 1 atom stereocenters. The molecule has 3 nitrogen and oxygen atoms in total. The lowest BCUT2D eigenvalue weighted by molar-refractivity contribution is -0.122. The summed E-state index contributed by atoms with van der Waals surface area (Å²) in [5.74, 6) is 0.531. The summed E-state index contributed by atoms with van der Waals surface area (Å²) in [5.41, 5.74) is 0.769. The second kappa shape index (κ2) is 7.01. The monoisotopic (exact) mass is 287 g/mol. The molecule has 0 radical (unpaired) electrons. The molecule has 1 N–H and O–H groups in total. The summed E-state index contributed by atoms with van der Waals surface area (Å²) in [6, 6.07) is 17.0. The van der Waals surface area contributed by atoms with Gasteiger partial charge in [0, 0.05) is 10.6 Å². The number of anilines is 1. The highest BCUT2D eigenvalue weighted by Crippen LogP contribution is 2.20. The van der Waals surface area contributed by atoms with Crippen LogP contribution in [0.1, 0.15) is 6.92 Å². The number of nitrogens with one attached hydrogen (secondary N) is 1. The third kappa shape index (κ3) is 4.03. The van der Waals surface area contributed by atoms with Crippen LogP contribution in [0.25, 0.3) is 0 Å². The molecule has 0 aromatic heterocycles. The molecule has 0 unspecified atom stereocenters. The van der Waals surface area contributed by atoms with E-state index in [0.29, 0.717) is 5.75 Å². The molecule has 104 valence electrons. The van der Waals surface area contributed by atoms with Gasteiger partial charge >= 0.3 is 0 Å². The lowest BCUT2D eigenvalue weighted by atomic mass is 10.3. The van der Waals surface area contributed by atoms with Crippen LogP contribution in [0, 0.1) is 0 Å². The van der Waals surface area contributed by atoms with E-state index in [2.05, 4.69) is 5.32 Å². The molecule has 0 aliphatic carbocycles. The summed E-state index contributed by atoms with van der Waals surface area (Å²) in [6.07, 6.45) is 1.47. The quantitative estimate of drug-likeness (QED) is 0.850. The standard InChI is InChI=1S/C16H17NO2S/c1-12(16(18)17-13-6-4-3-5-7-13)19-14-8-10-15(20-2)11-9-14/h3-12H,1-2H3,(H,17,18)/t12-/m1/s1. The van der Waals surface area contributed by atoms with Crippen LogP contribution in [0.2, 0.25) is 0 Å². The molecule has 0 heterocycles. The molecule has 2 aromatic rings. The molecule has 0 saturated heterocycles. The van der Waals surface area contributed by atoms with Gasteiger partial charge in [0.2, 0.25) is 0 Å². The van der Waals surface area contributed by atoms with Gasteiger partial charge in [0.15, 0.2) is 6.10 Å². The highest BCUT2D eigenvalue weighted by Gasteiger charge is 2.14. The maximum Gasteiger partial charge on any atom is 0.265 e. The van der Waals surface area contributed by atoms with Crippen molar-refractivity contribution in [2.75, 3.05) is 11.6 Å². The van der Waals surface area contributed by atoms with Crippen LogP contribution < -0.4 is 10.1 Å². The fraction of sp³-hybridized carbons (Fsp3) is 0.188. The predicted molar refractivity (Wildman–Crippen MR) is 83.4 cm³/mol. The first-order valence-electron chi connectivity index (χ1n) is 6.35. The molecule has 0 bridgehead atoms. The van der Waals surface area contributed by atoms with Crippen molar-refractivity contribution < 1.29 is 9.53 Å². The molecule has 0 aliphatic heterocycles. The van der Waals surface area contributed by atoms with E-state index in [-0.39, 0.29) is 5.91 Å². The molecular formula is C16H17NO2S. The van der Waals surface area contributed by atoms with E-state index in [1.807, 2.05) is 60.9 Å². The Bertz CT molecular complexity index is 554. The number of hydrogen-bond donors (Lipinski definition) is 1. The van der Waals surface area contributed by atoms with Crippen LogP contribution in [-0.4, -0.2) is 18.3 Å². The third-order valence-electron chi connectivity index (χ3n) is 2.78. The molecule has 2 aromatic carbocycles. The molecule has 1 amide bonds. The average molecular weight is 287 g/mol. The largest absolute Gasteiger partial charge is 0.481 e. The van der Waals surface area contributed by atoms with Gasteiger partial charge in [-0.25, -0.2) is 0 Å². The Kier molecular flexibility index (Phi) is 5.07. The summed E-state index contributed by atoms with van der Waals surface area (Å²) in [5, 5.41) is 2.82. The maximum atomic E-state index is 12.0. The van der Waals surface area contributed by atoms with Gasteiger partial charge in [-0.3, -0.25) is 4.79 Å². The van der Waals surface area contributed by atoms with Gasteiger partial charge in [0.1, 0.15) is 5.75 Å². The Morgan fingerprint density at radius 2 is 1.75 bits per heavy atom. The molecular weight excluding hydrogens is 270 g/mol. The highest BCUT2D eigenvalue weighted by atomic mass is 32.2. The molecule has 0 fully saturated rings. The maximum absolute atomic E-state index is 12.0. The van der Waals surface area contributed by atoms with E-state index in [9.17, 15) is 4.79 Å². The van der Waals surface area contributed by atoms with Crippen LogP contribution in [0.4, 0.5) is 5.69 Å². The van der Waals surface area contributed by atoms with E-state index >= 15 is 0 Å². The minimum atomic E-state index is -0.546. The Morgan fingerprint density at radius 1 is 1.10 bits per heavy atom. The van der Waals surface area contributed by atoms with Crippen molar-refractivity contribution in [1.29, 1.82) is 0 Å². The summed E-state index contributed by atoms with van der Waals surface area (Å²) < 4.78 is 5.63. The zero-order valence-corrected chi connectivity index (χ0v) is 12.3. The van der Waals surface area contributed by atoms with Gasteiger partial charge in [0.25, 0.3) is 5.91 Å². The lowest BCUT2D eigenvalue weighted by Crippen LogP contribution is -2.30. The number of thioether (sulfide) groups is 1. The normalized spacial score (nSPS) is 11.7. The minimum Gasteiger partial charge on any atom is -0.481 e. The molecule has 0 aliphatic rings. The number of hydrogen-bond acceptors (Lipinski definition) is 3. The summed E-state index contributed by atoms with van der Waals surface area (Å²) in [4.78, 5) is 13.2. The van der Waals surface area contributed by atoms with E-state index in [1.54, 1.807) is 18.7 Å². The van der Waals surface area contributed by atoms with Crippen molar-refractivity contribution in [3.8, 4) is 5.75 Å². The SMILES string of the molecule is CSc1ccc(O[C@H](C)C(=O)Nc2ccccc2)cc1. The van der Waals surface area contributed by atoms with Crippen LogP contribution in [0.5, 0.6) is 5.75 Å². The number of para-hydroxylation sites is 1. The van der Waals surface area contributed by atoms with E-state index in [1.165, 1.54) is 4.90 Å². The van der Waals surface area contributed by atoms with E-state index < -0.39 is 6.10 Å². The van der Waals surface area contributed by atoms with Crippen molar-refractivity contribution in [3.63, 3.8) is 0 Å². The summed E-state index contributed by atoms with van der Waals surface area (Å²) in [6.45, 7) is 1.74. The highest BCUT2D eigenvalue weighted by molar-refractivity contribution is 7.98. The van der Waals surface area contributed by atoms with E-state index in [0.717, 1.165) is 5.69 Å². The first-order chi connectivity index (χ1) is 9.69. The topological polar surface area (TPSA) is 38.3 Å². The number of rotatable bonds is 5.